The minimum absolute atomic E-state index is 0.0144. The predicted molar refractivity (Wildman–Crippen MR) is 99.9 cm³/mol. The summed E-state index contributed by atoms with van der Waals surface area (Å²) in [6.45, 7) is 6.86. The Hall–Kier alpha value is -2.56. The van der Waals surface area contributed by atoms with Crippen molar-refractivity contribution in [1.29, 1.82) is 0 Å². The van der Waals surface area contributed by atoms with Gasteiger partial charge in [0.15, 0.2) is 0 Å². The monoisotopic (exact) mass is 354 g/mol. The highest BCUT2D eigenvalue weighted by Crippen LogP contribution is 2.33. The highest BCUT2D eigenvalue weighted by Gasteiger charge is 2.33. The molecule has 5 nitrogen and oxygen atoms in total. The summed E-state index contributed by atoms with van der Waals surface area (Å²) in [6, 6.07) is 13.9. The quantitative estimate of drug-likeness (QED) is 0.796. The minimum Gasteiger partial charge on any atom is -0.473 e. The lowest BCUT2D eigenvalue weighted by Crippen LogP contribution is -2.36. The summed E-state index contributed by atoms with van der Waals surface area (Å²) in [5.74, 6) is 0.583. The number of aromatic nitrogens is 1. The van der Waals surface area contributed by atoms with Gasteiger partial charge in [-0.3, -0.25) is 0 Å². The molecule has 2 heterocycles. The van der Waals surface area contributed by atoms with Crippen LogP contribution in [0.2, 0.25) is 0 Å². The normalized spacial score (nSPS) is 17.2. The molecule has 26 heavy (non-hydrogen) atoms. The number of carbonyl (C=O) groups excluding carboxylic acids is 1. The minimum atomic E-state index is -0.488. The smallest absolute Gasteiger partial charge is 0.410 e. The highest BCUT2D eigenvalue weighted by molar-refractivity contribution is 5.69. The van der Waals surface area contributed by atoms with Crippen LogP contribution >= 0.6 is 0 Å². The zero-order valence-corrected chi connectivity index (χ0v) is 15.6. The van der Waals surface area contributed by atoms with Gasteiger partial charge in [-0.2, -0.15) is 0 Å². The largest absolute Gasteiger partial charge is 0.473 e. The average Bonchev–Trinajstić information content (AvgIpc) is 3.10. The Balaban J connectivity index is 1.63. The van der Waals surface area contributed by atoms with Gasteiger partial charge in [0.2, 0.25) is 5.88 Å². The van der Waals surface area contributed by atoms with Crippen LogP contribution < -0.4 is 4.74 Å². The second-order valence-electron chi connectivity index (χ2n) is 7.54. The summed E-state index contributed by atoms with van der Waals surface area (Å²) < 4.78 is 11.3. The van der Waals surface area contributed by atoms with Crippen molar-refractivity contribution < 1.29 is 14.3 Å². The van der Waals surface area contributed by atoms with Crippen molar-refractivity contribution >= 4 is 6.09 Å². The second-order valence-corrected chi connectivity index (χ2v) is 7.54. The number of hydrogen-bond donors (Lipinski definition) is 0. The van der Waals surface area contributed by atoms with E-state index in [0.29, 0.717) is 19.0 Å². The van der Waals surface area contributed by atoms with E-state index in [9.17, 15) is 4.79 Å². The van der Waals surface area contributed by atoms with E-state index < -0.39 is 5.60 Å². The van der Waals surface area contributed by atoms with Crippen LogP contribution in [0.1, 0.15) is 50.8 Å². The van der Waals surface area contributed by atoms with Gasteiger partial charge in [-0.15, -0.1) is 0 Å². The molecule has 0 bridgehead atoms. The van der Waals surface area contributed by atoms with Crippen molar-refractivity contribution in [2.45, 2.75) is 51.9 Å². The van der Waals surface area contributed by atoms with E-state index >= 15 is 0 Å². The maximum atomic E-state index is 12.4. The number of amides is 1. The van der Waals surface area contributed by atoms with Crippen LogP contribution in [0.4, 0.5) is 4.79 Å². The molecule has 0 radical (unpaired) electrons. The molecule has 1 amide bonds. The summed E-state index contributed by atoms with van der Waals surface area (Å²) in [7, 11) is 0. The summed E-state index contributed by atoms with van der Waals surface area (Å²) in [6.07, 6.45) is 3.43. The van der Waals surface area contributed by atoms with E-state index in [0.717, 1.165) is 24.0 Å². The molecule has 1 fully saturated rings. The molecule has 0 N–H and O–H groups in total. The number of benzene rings is 1. The van der Waals surface area contributed by atoms with Crippen molar-refractivity contribution in [1.82, 2.24) is 9.88 Å². The Bertz CT molecular complexity index is 723. The van der Waals surface area contributed by atoms with Gasteiger partial charge in [0.25, 0.3) is 0 Å². The van der Waals surface area contributed by atoms with Gasteiger partial charge >= 0.3 is 6.09 Å². The second kappa shape index (κ2) is 7.77. The van der Waals surface area contributed by atoms with E-state index in [1.807, 2.05) is 63.2 Å². The topological polar surface area (TPSA) is 51.7 Å². The van der Waals surface area contributed by atoms with Crippen molar-refractivity contribution in [3.05, 3.63) is 59.8 Å². The lowest BCUT2D eigenvalue weighted by molar-refractivity contribution is 0.0224. The molecular formula is C21H26N2O3. The Kier molecular flexibility index (Phi) is 5.45. The van der Waals surface area contributed by atoms with Crippen LogP contribution in [-0.4, -0.2) is 28.1 Å². The van der Waals surface area contributed by atoms with Crippen LogP contribution in [0.25, 0.3) is 0 Å². The first-order valence-corrected chi connectivity index (χ1v) is 9.05. The first-order valence-electron chi connectivity index (χ1n) is 9.05. The Morgan fingerprint density at radius 3 is 2.62 bits per heavy atom. The molecule has 0 saturated carbocycles. The lowest BCUT2D eigenvalue weighted by Gasteiger charge is -2.28. The summed E-state index contributed by atoms with van der Waals surface area (Å²) in [4.78, 5) is 18.6. The molecule has 0 aliphatic carbocycles. The Labute approximate surface area is 155 Å². The number of nitrogens with zero attached hydrogens (tertiary/aromatic N) is 2. The summed E-state index contributed by atoms with van der Waals surface area (Å²) in [5.41, 5.74) is 1.63. The van der Waals surface area contributed by atoms with Crippen LogP contribution in [0.15, 0.2) is 48.7 Å². The molecule has 5 heteroatoms. The molecule has 138 valence electrons. The fraction of sp³-hybridized carbons (Fsp3) is 0.429. The molecule has 1 aromatic carbocycles. The van der Waals surface area contributed by atoms with E-state index in [1.165, 1.54) is 0 Å². The van der Waals surface area contributed by atoms with Gasteiger partial charge in [-0.1, -0.05) is 36.4 Å². The zero-order chi connectivity index (χ0) is 18.6. The maximum absolute atomic E-state index is 12.4. The van der Waals surface area contributed by atoms with Crippen molar-refractivity contribution in [3.63, 3.8) is 0 Å². The Morgan fingerprint density at radius 1 is 1.19 bits per heavy atom. The Morgan fingerprint density at radius 2 is 1.96 bits per heavy atom. The SMILES string of the molecule is CC(C)(C)OC(=O)N1CCC[C@H]1c1ccc(OCc2ccccc2)nc1. The fourth-order valence-corrected chi connectivity index (χ4v) is 3.06. The van der Waals surface area contributed by atoms with E-state index in [1.54, 1.807) is 11.1 Å². The summed E-state index contributed by atoms with van der Waals surface area (Å²) >= 11 is 0. The number of pyridine rings is 1. The van der Waals surface area contributed by atoms with Crippen molar-refractivity contribution in [3.8, 4) is 5.88 Å². The van der Waals surface area contributed by atoms with Crippen LogP contribution in [0.3, 0.4) is 0 Å². The number of carbonyl (C=O) groups is 1. The first-order chi connectivity index (χ1) is 12.4. The molecule has 1 aliphatic rings. The third-order valence-corrected chi connectivity index (χ3v) is 4.25. The number of likely N-dealkylation sites (tertiary alicyclic amines) is 1. The molecule has 1 atom stereocenters. The molecule has 2 aromatic rings. The highest BCUT2D eigenvalue weighted by atomic mass is 16.6. The average molecular weight is 354 g/mol. The number of ether oxygens (including phenoxy) is 2. The third kappa shape index (κ3) is 4.75. The van der Waals surface area contributed by atoms with Crippen molar-refractivity contribution in [2.75, 3.05) is 6.54 Å². The molecular weight excluding hydrogens is 328 g/mol. The summed E-state index contributed by atoms with van der Waals surface area (Å²) in [5, 5.41) is 0. The molecule has 3 rings (SSSR count). The predicted octanol–water partition coefficient (Wildman–Crippen LogP) is 4.73. The molecule has 0 spiro atoms. The van der Waals surface area contributed by atoms with Crippen LogP contribution in [0.5, 0.6) is 5.88 Å². The lowest BCUT2D eigenvalue weighted by atomic mass is 10.1. The van der Waals surface area contributed by atoms with Gasteiger partial charge in [0, 0.05) is 18.8 Å². The standard InChI is InChI=1S/C21H26N2O3/c1-21(2,3)26-20(24)23-13-7-10-18(23)17-11-12-19(22-14-17)25-15-16-8-5-4-6-9-16/h4-6,8-9,11-12,14,18H,7,10,13,15H2,1-3H3/t18-/m0/s1. The van der Waals surface area contributed by atoms with Gasteiger partial charge in [-0.25, -0.2) is 9.78 Å². The van der Waals surface area contributed by atoms with E-state index in [2.05, 4.69) is 4.98 Å². The molecule has 1 saturated heterocycles. The molecule has 1 aliphatic heterocycles. The van der Waals surface area contributed by atoms with Crippen molar-refractivity contribution in [2.24, 2.45) is 0 Å². The molecule has 1 aromatic heterocycles. The van der Waals surface area contributed by atoms with Gasteiger partial charge in [0.1, 0.15) is 12.2 Å². The number of hydrogen-bond acceptors (Lipinski definition) is 4. The van der Waals surface area contributed by atoms with Crippen LogP contribution in [0, 0.1) is 0 Å². The zero-order valence-electron chi connectivity index (χ0n) is 15.6. The molecule has 0 unspecified atom stereocenters. The maximum Gasteiger partial charge on any atom is 0.410 e. The van der Waals surface area contributed by atoms with Gasteiger partial charge in [0.05, 0.1) is 6.04 Å². The fourth-order valence-electron chi connectivity index (χ4n) is 3.06. The van der Waals surface area contributed by atoms with Crippen LogP contribution in [-0.2, 0) is 11.3 Å². The van der Waals surface area contributed by atoms with Gasteiger partial charge in [-0.05, 0) is 44.7 Å². The van der Waals surface area contributed by atoms with Gasteiger partial charge < -0.3 is 14.4 Å². The van der Waals surface area contributed by atoms with E-state index in [4.69, 9.17) is 9.47 Å². The first kappa shape index (κ1) is 18.2. The number of rotatable bonds is 4. The third-order valence-electron chi connectivity index (χ3n) is 4.25. The van der Waals surface area contributed by atoms with E-state index in [-0.39, 0.29) is 12.1 Å².